The van der Waals surface area contributed by atoms with E-state index in [4.69, 9.17) is 9.47 Å². The topological polar surface area (TPSA) is 186 Å². The van der Waals surface area contributed by atoms with Crippen LogP contribution in [0.1, 0.15) is 13.3 Å². The normalized spacial score (nSPS) is 23.6. The number of aliphatic carboxylic acids is 2. The number of hydrogen-bond donors (Lipinski definition) is 3. The zero-order valence-electron chi connectivity index (χ0n) is 22.7. The number of carboxylic acids is 2. The molecule has 0 saturated carbocycles. The quantitative estimate of drug-likeness (QED) is 0.186. The summed E-state index contributed by atoms with van der Waals surface area (Å²) < 4.78 is 9.89. The Morgan fingerprint density at radius 3 is 2.35 bits per heavy atom. The van der Waals surface area contributed by atoms with Crippen LogP contribution in [0.15, 0.2) is 11.3 Å². The van der Waals surface area contributed by atoms with E-state index in [0.29, 0.717) is 39.3 Å². The molecule has 40 heavy (non-hydrogen) atoms. The SMILES string of the molecule is COC(=O)C(CC(=O)NC1C(=O)N2C(C(=O)O)=C(COC(C)=O)CSC12)N1CCN(C)CCN(CC(=O)O)CC1. The predicted molar refractivity (Wildman–Crippen MR) is 140 cm³/mol. The zero-order valence-corrected chi connectivity index (χ0v) is 23.5. The second kappa shape index (κ2) is 13.9. The van der Waals surface area contributed by atoms with Gasteiger partial charge in [-0.2, -0.15) is 0 Å². The van der Waals surface area contributed by atoms with E-state index in [2.05, 4.69) is 5.32 Å². The van der Waals surface area contributed by atoms with E-state index in [1.807, 2.05) is 11.9 Å². The number of thioether (sulfide) groups is 1. The van der Waals surface area contributed by atoms with E-state index in [1.165, 1.54) is 25.8 Å². The summed E-state index contributed by atoms with van der Waals surface area (Å²) in [6.07, 6.45) is -0.310. The number of rotatable bonds is 10. The molecule has 3 N–H and O–H groups in total. The maximum absolute atomic E-state index is 13.1. The molecule has 3 aliphatic rings. The highest BCUT2D eigenvalue weighted by atomic mass is 32.2. The van der Waals surface area contributed by atoms with Gasteiger partial charge in [0.05, 0.1) is 20.1 Å². The summed E-state index contributed by atoms with van der Waals surface area (Å²) in [5.41, 5.74) is 0.0161. The van der Waals surface area contributed by atoms with Crippen molar-refractivity contribution in [3.8, 4) is 0 Å². The van der Waals surface area contributed by atoms with E-state index in [-0.39, 0.29) is 36.6 Å². The highest BCUT2D eigenvalue weighted by Crippen LogP contribution is 2.40. The van der Waals surface area contributed by atoms with Crippen LogP contribution in [0.3, 0.4) is 0 Å². The number of methoxy groups -OCH3 is 1. The number of nitrogens with zero attached hydrogens (tertiary/aromatic N) is 4. The van der Waals surface area contributed by atoms with E-state index < -0.39 is 53.1 Å². The molecule has 0 bridgehead atoms. The highest BCUT2D eigenvalue weighted by molar-refractivity contribution is 8.00. The first-order valence-corrected chi connectivity index (χ1v) is 13.7. The summed E-state index contributed by atoms with van der Waals surface area (Å²) in [4.78, 5) is 79.7. The predicted octanol–water partition coefficient (Wildman–Crippen LogP) is -2.15. The van der Waals surface area contributed by atoms with Gasteiger partial charge in [-0.25, -0.2) is 4.79 Å². The Balaban J connectivity index is 1.69. The van der Waals surface area contributed by atoms with Gasteiger partial charge in [-0.05, 0) is 7.05 Å². The van der Waals surface area contributed by atoms with Gasteiger partial charge in [0.2, 0.25) is 5.91 Å². The molecule has 0 aliphatic carbocycles. The fourth-order valence-electron chi connectivity index (χ4n) is 4.77. The van der Waals surface area contributed by atoms with E-state index in [0.717, 1.165) is 4.90 Å². The van der Waals surface area contributed by atoms with E-state index >= 15 is 0 Å². The molecule has 3 atom stereocenters. The average Bonchev–Trinajstić information content (AvgIpc) is 2.98. The van der Waals surface area contributed by atoms with Crippen LogP contribution in [-0.4, -0.2) is 155 Å². The largest absolute Gasteiger partial charge is 0.480 e. The smallest absolute Gasteiger partial charge is 0.352 e. The standard InChI is InChI=1S/C24H35N5O10S/c1-14(30)39-12-15-13-40-22-19(21(34)29(22)20(15)23(35)36)25-17(31)10-16(24(37)38-3)28-8-5-26(2)4-6-27(7-9-28)11-18(32)33/h16,19,22H,4-13H2,1-3H3,(H,25,31)(H,32,33)(H,35,36). The lowest BCUT2D eigenvalue weighted by atomic mass is 10.0. The number of likely N-dealkylation sites (N-methyl/N-ethyl adjacent to an activating group) is 1. The molecular formula is C24H35N5O10S. The zero-order chi connectivity index (χ0) is 29.6. The second-order valence-electron chi connectivity index (χ2n) is 9.74. The van der Waals surface area contributed by atoms with Crippen LogP contribution in [0.5, 0.6) is 0 Å². The molecule has 3 rings (SSSR count). The molecule has 15 nitrogen and oxygen atoms in total. The van der Waals surface area contributed by atoms with Crippen molar-refractivity contribution in [2.45, 2.75) is 30.8 Å². The van der Waals surface area contributed by atoms with Gasteiger partial charge in [-0.3, -0.25) is 38.7 Å². The van der Waals surface area contributed by atoms with Crippen molar-refractivity contribution in [1.82, 2.24) is 24.9 Å². The lowest BCUT2D eigenvalue weighted by molar-refractivity contribution is -0.152. The second-order valence-corrected chi connectivity index (χ2v) is 10.8. The summed E-state index contributed by atoms with van der Waals surface area (Å²) in [6.45, 7) is 3.65. The van der Waals surface area contributed by atoms with Crippen LogP contribution in [-0.2, 0) is 38.2 Å². The molecule has 0 spiro atoms. The number of ether oxygens (including phenoxy) is 2. The minimum Gasteiger partial charge on any atom is -0.480 e. The Kier molecular flexibility index (Phi) is 10.9. The molecule has 3 aliphatic heterocycles. The molecule has 3 unspecified atom stereocenters. The lowest BCUT2D eigenvalue weighted by Crippen LogP contribution is -2.70. The molecular weight excluding hydrogens is 550 g/mol. The van der Waals surface area contributed by atoms with Crippen LogP contribution >= 0.6 is 11.8 Å². The monoisotopic (exact) mass is 585 g/mol. The van der Waals surface area contributed by atoms with Crippen molar-refractivity contribution in [3.05, 3.63) is 11.3 Å². The summed E-state index contributed by atoms with van der Waals surface area (Å²) in [5.74, 6) is -4.54. The molecule has 0 aromatic rings. The van der Waals surface area contributed by atoms with E-state index in [9.17, 15) is 39.0 Å². The van der Waals surface area contributed by atoms with Crippen molar-refractivity contribution >= 4 is 47.5 Å². The number of β-lactam (4-membered cyclic amide) rings is 1. The lowest BCUT2D eigenvalue weighted by Gasteiger charge is -2.49. The summed E-state index contributed by atoms with van der Waals surface area (Å²) in [7, 11) is 3.10. The van der Waals surface area contributed by atoms with Crippen molar-refractivity contribution in [1.29, 1.82) is 0 Å². The Hall–Kier alpha value is -3.21. The summed E-state index contributed by atoms with van der Waals surface area (Å²) in [6, 6.07) is -1.97. The molecule has 0 aromatic carbocycles. The molecule has 0 aromatic heterocycles. The van der Waals surface area contributed by atoms with Gasteiger partial charge in [-0.1, -0.05) is 0 Å². The summed E-state index contributed by atoms with van der Waals surface area (Å²) >= 11 is 1.23. The Bertz CT molecular complexity index is 1070. The van der Waals surface area contributed by atoms with Crippen LogP contribution in [0.25, 0.3) is 0 Å². The number of nitrogens with one attached hydrogen (secondary N) is 1. The van der Waals surface area contributed by atoms with Crippen LogP contribution < -0.4 is 5.32 Å². The third-order valence-electron chi connectivity index (χ3n) is 6.94. The number of carbonyl (C=O) groups excluding carboxylic acids is 4. The first kappa shape index (κ1) is 31.3. The molecule has 3 heterocycles. The van der Waals surface area contributed by atoms with Gasteiger partial charge >= 0.3 is 23.9 Å². The van der Waals surface area contributed by atoms with Crippen LogP contribution in [0.4, 0.5) is 0 Å². The Morgan fingerprint density at radius 1 is 1.07 bits per heavy atom. The minimum absolute atomic E-state index is 0.153. The molecule has 222 valence electrons. The number of hydrogen-bond acceptors (Lipinski definition) is 12. The molecule has 2 fully saturated rings. The van der Waals surface area contributed by atoms with Crippen molar-refractivity contribution in [2.75, 3.05) is 72.3 Å². The molecule has 2 amide bonds. The number of carbonyl (C=O) groups is 6. The van der Waals surface area contributed by atoms with Gasteiger partial charge in [-0.15, -0.1) is 11.8 Å². The van der Waals surface area contributed by atoms with Gasteiger partial charge < -0.3 is 29.9 Å². The number of fused-ring (bicyclic) bond motifs is 1. The molecule has 16 heteroatoms. The van der Waals surface area contributed by atoms with Crippen molar-refractivity contribution in [3.63, 3.8) is 0 Å². The first-order valence-electron chi connectivity index (χ1n) is 12.7. The maximum atomic E-state index is 13.1. The highest BCUT2D eigenvalue weighted by Gasteiger charge is 2.54. The fourth-order valence-corrected chi connectivity index (χ4v) is 6.09. The number of amides is 2. The van der Waals surface area contributed by atoms with Crippen molar-refractivity contribution in [2.24, 2.45) is 0 Å². The molecule has 2 saturated heterocycles. The fraction of sp³-hybridized carbons (Fsp3) is 0.667. The maximum Gasteiger partial charge on any atom is 0.352 e. The molecule has 0 radical (unpaired) electrons. The van der Waals surface area contributed by atoms with Crippen LogP contribution in [0.2, 0.25) is 0 Å². The summed E-state index contributed by atoms with van der Waals surface area (Å²) in [5, 5.41) is 20.9. The van der Waals surface area contributed by atoms with Gasteiger partial charge in [0.1, 0.15) is 29.8 Å². The third kappa shape index (κ3) is 7.71. The first-order chi connectivity index (χ1) is 18.9. The Morgan fingerprint density at radius 2 is 1.73 bits per heavy atom. The number of carboxylic acid groups (broad SMARTS) is 2. The average molecular weight is 586 g/mol. The van der Waals surface area contributed by atoms with Crippen molar-refractivity contribution < 1.29 is 48.5 Å². The van der Waals surface area contributed by atoms with E-state index in [1.54, 1.807) is 9.80 Å². The van der Waals surface area contributed by atoms with Gasteiger partial charge in [0.15, 0.2) is 0 Å². The minimum atomic E-state index is -1.34. The number of esters is 2. The van der Waals surface area contributed by atoms with Gasteiger partial charge in [0, 0.05) is 57.5 Å². The van der Waals surface area contributed by atoms with Gasteiger partial charge in [0.25, 0.3) is 5.91 Å². The third-order valence-corrected chi connectivity index (χ3v) is 8.28. The Labute approximate surface area is 235 Å². The van der Waals surface area contributed by atoms with Crippen LogP contribution in [0, 0.1) is 0 Å².